The molecule has 0 heterocycles. The molecule has 0 aromatic heterocycles. The van der Waals surface area contributed by atoms with Crippen LogP contribution in [0.25, 0.3) is 0 Å². The molecule has 0 spiro atoms. The van der Waals surface area contributed by atoms with E-state index in [-0.39, 0.29) is 85.9 Å². The van der Waals surface area contributed by atoms with E-state index >= 15 is 0 Å². The van der Waals surface area contributed by atoms with Crippen LogP contribution in [0, 0.1) is 0 Å². The van der Waals surface area contributed by atoms with E-state index in [9.17, 15) is 0 Å². The van der Waals surface area contributed by atoms with Gasteiger partial charge in [0.2, 0.25) is 0 Å². The molecule has 0 aromatic rings. The summed E-state index contributed by atoms with van der Waals surface area (Å²) in [5, 5.41) is 0. The summed E-state index contributed by atoms with van der Waals surface area (Å²) in [5.41, 5.74) is 0. The number of hydrogen-bond acceptors (Lipinski definition) is 0. The average Bonchev–Trinajstić information content (AvgIpc) is 0.918. The second-order valence-corrected chi connectivity index (χ2v) is 5.64. The minimum atomic E-state index is -0.972. The van der Waals surface area contributed by atoms with Crippen molar-refractivity contribution >= 4 is 38.4 Å². The van der Waals surface area contributed by atoms with Gasteiger partial charge in [0.15, 0.2) is 0 Å². The van der Waals surface area contributed by atoms with Gasteiger partial charge in [0.25, 0.3) is 0 Å². The Morgan fingerprint density at radius 2 is 1.20 bits per heavy atom. The van der Waals surface area contributed by atoms with Gasteiger partial charge in [-0.15, -0.1) is 0 Å². The van der Waals surface area contributed by atoms with Crippen LogP contribution in [-0.4, -0.2) is 21.8 Å². The van der Waals surface area contributed by atoms with Crippen molar-refractivity contribution in [2.75, 3.05) is 0 Å². The third-order valence-electron chi connectivity index (χ3n) is 0. The maximum absolute atomic E-state index is 4.96. The van der Waals surface area contributed by atoms with Gasteiger partial charge < -0.3 is 17.0 Å². The van der Waals surface area contributed by atoms with Gasteiger partial charge in [-0.1, -0.05) is 0 Å². The zero-order chi connectivity index (χ0) is 2.71. The molecule has 5 heavy (non-hydrogen) atoms. The van der Waals surface area contributed by atoms with Crippen LogP contribution in [0.15, 0.2) is 0 Å². The zero-order valence-electron chi connectivity index (χ0n) is 2.63. The van der Waals surface area contributed by atoms with Crippen LogP contribution in [0.1, 0.15) is 0 Å². The molecule has 0 aromatic carbocycles. The largest absolute Gasteiger partial charge is 1.00 e. The molecular formula is BrCl2CsPb. The monoisotopic (exact) mass is 490 g/mol. The summed E-state index contributed by atoms with van der Waals surface area (Å²) in [6.45, 7) is 0. The summed E-state index contributed by atoms with van der Waals surface area (Å²) in [6, 6.07) is 0. The first-order valence-corrected chi connectivity index (χ1v) is 9.95. The minimum absolute atomic E-state index is 0. The Bertz CT molecular complexity index is 9.61. The predicted octanol–water partition coefficient (Wildman–Crippen LogP) is -4.99. The molecule has 0 atom stereocenters. The third-order valence-corrected chi connectivity index (χ3v) is 0. The molecule has 0 N–H and O–H groups in total. The Labute approximate surface area is 120 Å². The molecule has 0 fully saturated rings. The first-order valence-electron chi connectivity index (χ1n) is 0.378. The fourth-order valence-corrected chi connectivity index (χ4v) is 0. The topological polar surface area (TPSA) is 0 Å². The summed E-state index contributed by atoms with van der Waals surface area (Å²) in [5.74, 6) is 0. The van der Waals surface area contributed by atoms with E-state index in [4.69, 9.17) is 16.6 Å². The van der Waals surface area contributed by atoms with Crippen LogP contribution in [0.4, 0.5) is 0 Å². The van der Waals surface area contributed by atoms with E-state index in [1.165, 1.54) is 0 Å². The Morgan fingerprint density at radius 1 is 1.20 bits per heavy atom. The Hall–Kier alpha value is 4.03. The second-order valence-electron chi connectivity index (χ2n) is 0.0714. The third kappa shape index (κ3) is 18.0. The smallest absolute Gasteiger partial charge is 1.00 e. The van der Waals surface area contributed by atoms with Gasteiger partial charge in [0.1, 0.15) is 0 Å². The van der Waals surface area contributed by atoms with Gasteiger partial charge in [-0.05, 0) is 0 Å². The minimum Gasteiger partial charge on any atom is 1.00 e. The molecule has 0 rings (SSSR count). The fourth-order valence-electron chi connectivity index (χ4n) is 0. The first-order chi connectivity index (χ1) is 1.41. The van der Waals surface area contributed by atoms with Crippen molar-refractivity contribution in [3.8, 4) is 0 Å². The molecule has 0 aliphatic rings. The fraction of sp³-hybridized carbons (Fsp3) is 0. The van der Waals surface area contributed by atoms with Gasteiger partial charge in [-0.25, -0.2) is 0 Å². The van der Waals surface area contributed by atoms with Gasteiger partial charge in [-0.3, -0.25) is 0 Å². The molecule has 0 nitrogen and oxygen atoms in total. The van der Waals surface area contributed by atoms with Crippen LogP contribution in [0.3, 0.4) is 0 Å². The summed E-state index contributed by atoms with van der Waals surface area (Å²) in [7, 11) is 9.92. The van der Waals surface area contributed by atoms with E-state index < -0.39 is 21.8 Å². The molecule has 0 aliphatic carbocycles. The molecule has 0 amide bonds. The van der Waals surface area contributed by atoms with E-state index in [1.54, 1.807) is 0 Å². The van der Waals surface area contributed by atoms with E-state index in [1.807, 2.05) is 0 Å². The molecule has 0 unspecified atom stereocenters. The van der Waals surface area contributed by atoms with Crippen molar-refractivity contribution in [1.29, 1.82) is 0 Å². The van der Waals surface area contributed by atoms with E-state index in [2.05, 4.69) is 0 Å². The Kier molecular flexibility index (Phi) is 50.2. The van der Waals surface area contributed by atoms with Gasteiger partial charge in [0.05, 0.1) is 0 Å². The van der Waals surface area contributed by atoms with Crippen molar-refractivity contribution in [2.45, 2.75) is 0 Å². The van der Waals surface area contributed by atoms with E-state index in [0.717, 1.165) is 0 Å². The van der Waals surface area contributed by atoms with Crippen LogP contribution in [0.5, 0.6) is 0 Å². The van der Waals surface area contributed by atoms with Crippen molar-refractivity contribution < 1.29 is 85.9 Å². The van der Waals surface area contributed by atoms with Crippen LogP contribution in [-0.2, 0) is 0 Å². The SMILES string of the molecule is [Br-].[Cl][Pb][Cl].[Cs+]. The van der Waals surface area contributed by atoms with Crippen molar-refractivity contribution in [3.05, 3.63) is 0 Å². The molecular weight excluding hydrogens is 491 g/mol. The zero-order valence-corrected chi connectivity index (χ0v) is 15.9. The number of halogens is 3. The van der Waals surface area contributed by atoms with Crippen LogP contribution in [0.2, 0.25) is 0 Å². The normalized spacial score (nSPS) is 3.60. The summed E-state index contributed by atoms with van der Waals surface area (Å²) < 4.78 is 0. The second kappa shape index (κ2) is 15.7. The molecule has 0 saturated heterocycles. The molecule has 0 aliphatic heterocycles. The van der Waals surface area contributed by atoms with Crippen LogP contribution < -0.4 is 85.9 Å². The Balaban J connectivity index is -0.0000000200. The average molecular weight is 491 g/mol. The van der Waals surface area contributed by atoms with Crippen LogP contribution >= 0.6 is 16.6 Å². The summed E-state index contributed by atoms with van der Waals surface area (Å²) >= 11 is -0.972. The maximum Gasteiger partial charge on any atom is 1.00 e. The summed E-state index contributed by atoms with van der Waals surface area (Å²) in [4.78, 5) is 0. The molecule has 2 radical (unpaired) electrons. The van der Waals surface area contributed by atoms with Crippen molar-refractivity contribution in [3.63, 3.8) is 0 Å². The van der Waals surface area contributed by atoms with Gasteiger partial charge in [-0.2, -0.15) is 0 Å². The Morgan fingerprint density at radius 3 is 1.20 bits per heavy atom. The molecule has 0 saturated carbocycles. The molecule has 0 bridgehead atoms. The number of rotatable bonds is 0. The van der Waals surface area contributed by atoms with Gasteiger partial charge in [0, 0.05) is 0 Å². The summed E-state index contributed by atoms with van der Waals surface area (Å²) in [6.07, 6.45) is 0. The van der Waals surface area contributed by atoms with Crippen molar-refractivity contribution in [1.82, 2.24) is 0 Å². The predicted molar refractivity (Wildman–Crippen MR) is 17.5 cm³/mol. The molecule has 26 valence electrons. The first kappa shape index (κ1) is 16.0. The quantitative estimate of drug-likeness (QED) is 0.299. The van der Waals surface area contributed by atoms with E-state index in [0.29, 0.717) is 0 Å². The number of hydrogen-bond donors (Lipinski definition) is 0. The molecule has 5 heteroatoms. The van der Waals surface area contributed by atoms with Crippen molar-refractivity contribution in [2.24, 2.45) is 0 Å². The van der Waals surface area contributed by atoms with Gasteiger partial charge >= 0.3 is 107 Å². The maximum atomic E-state index is 4.96. The standard InChI is InChI=1S/BrH.2ClH.Cs.Pb/h3*1H;;/q;;;+1;+2/p-3.